The molecule has 1 aromatic carbocycles. The zero-order chi connectivity index (χ0) is 14.6. The number of hydrogen-bond donors (Lipinski definition) is 0. The third kappa shape index (κ3) is 3.70. The Balaban J connectivity index is 3.29. The molecule has 0 saturated carbocycles. The lowest BCUT2D eigenvalue weighted by Crippen LogP contribution is -2.48. The highest BCUT2D eigenvalue weighted by Crippen LogP contribution is 2.22. The van der Waals surface area contributed by atoms with Crippen LogP contribution in [0.4, 0.5) is 5.69 Å². The molecule has 0 fully saturated rings. The number of hydrogen-bond acceptors (Lipinski definition) is 3. The monoisotopic (exact) mass is 284 g/mol. The summed E-state index contributed by atoms with van der Waals surface area (Å²) in [5.74, 6) is -0.225. The van der Waals surface area contributed by atoms with E-state index in [-0.39, 0.29) is 5.91 Å². The lowest BCUT2D eigenvalue weighted by molar-refractivity contribution is -0.129. The maximum absolute atomic E-state index is 12.2. The van der Waals surface area contributed by atoms with Crippen LogP contribution in [0.25, 0.3) is 0 Å². The second kappa shape index (κ2) is 6.06. The zero-order valence-electron chi connectivity index (χ0n) is 11.7. The van der Waals surface area contributed by atoms with Crippen LogP contribution in [-0.4, -0.2) is 45.6 Å². The molecule has 6 heteroatoms. The maximum atomic E-state index is 12.2. The molecule has 0 radical (unpaired) electrons. The second-order valence-electron chi connectivity index (χ2n) is 4.55. The molecule has 1 aromatic rings. The van der Waals surface area contributed by atoms with Gasteiger partial charge in [0.2, 0.25) is 15.9 Å². The van der Waals surface area contributed by atoms with Crippen molar-refractivity contribution in [2.75, 3.05) is 24.7 Å². The summed E-state index contributed by atoms with van der Waals surface area (Å²) in [5.41, 5.74) is 0.507. The van der Waals surface area contributed by atoms with E-state index in [1.54, 1.807) is 51.4 Å². The highest BCUT2D eigenvalue weighted by molar-refractivity contribution is 7.92. The molecule has 0 bridgehead atoms. The van der Waals surface area contributed by atoms with Gasteiger partial charge in [-0.1, -0.05) is 25.1 Å². The van der Waals surface area contributed by atoms with E-state index in [9.17, 15) is 13.2 Å². The van der Waals surface area contributed by atoms with Crippen LogP contribution in [0.2, 0.25) is 0 Å². The standard InChI is InChI=1S/C13H20N2O3S/c1-5-12(13(16)14(2)3)15(19(4,17)18)11-9-7-6-8-10-11/h6-10,12H,5H2,1-4H3/t12-/m1/s1. The first-order valence-corrected chi connectivity index (χ1v) is 7.89. The normalized spacial score (nSPS) is 12.8. The molecule has 1 atom stereocenters. The summed E-state index contributed by atoms with van der Waals surface area (Å²) in [6.45, 7) is 1.80. The molecule has 1 rings (SSSR count). The predicted molar refractivity (Wildman–Crippen MR) is 76.5 cm³/mol. The maximum Gasteiger partial charge on any atom is 0.245 e. The van der Waals surface area contributed by atoms with Gasteiger partial charge in [0.15, 0.2) is 0 Å². The van der Waals surface area contributed by atoms with Gasteiger partial charge in [-0.05, 0) is 18.6 Å². The van der Waals surface area contributed by atoms with Gasteiger partial charge in [0, 0.05) is 14.1 Å². The van der Waals surface area contributed by atoms with Gasteiger partial charge >= 0.3 is 0 Å². The molecule has 0 N–H and O–H groups in total. The fraction of sp³-hybridized carbons (Fsp3) is 0.462. The van der Waals surface area contributed by atoms with Crippen molar-refractivity contribution in [1.82, 2.24) is 4.90 Å². The zero-order valence-corrected chi connectivity index (χ0v) is 12.5. The first-order chi connectivity index (χ1) is 8.79. The Bertz CT molecular complexity index is 526. The molecule has 19 heavy (non-hydrogen) atoms. The SMILES string of the molecule is CC[C@H](C(=O)N(C)C)N(c1ccccc1)S(C)(=O)=O. The van der Waals surface area contributed by atoms with E-state index in [1.807, 2.05) is 0 Å². The summed E-state index contributed by atoms with van der Waals surface area (Å²) in [6, 6.07) is 7.96. The van der Waals surface area contributed by atoms with Gasteiger partial charge in [0.05, 0.1) is 11.9 Å². The quantitative estimate of drug-likeness (QED) is 0.819. The van der Waals surface area contributed by atoms with Crippen LogP contribution in [0.5, 0.6) is 0 Å². The minimum Gasteiger partial charge on any atom is -0.347 e. The van der Waals surface area contributed by atoms with Crippen molar-refractivity contribution in [3.05, 3.63) is 30.3 Å². The minimum absolute atomic E-state index is 0.225. The number of para-hydroxylation sites is 1. The molecular weight excluding hydrogens is 264 g/mol. The smallest absolute Gasteiger partial charge is 0.245 e. The molecule has 0 aliphatic heterocycles. The third-order valence-corrected chi connectivity index (χ3v) is 3.94. The average Bonchev–Trinajstić information content (AvgIpc) is 2.34. The first kappa shape index (κ1) is 15.5. The average molecular weight is 284 g/mol. The van der Waals surface area contributed by atoms with Crippen LogP contribution < -0.4 is 4.31 Å². The molecule has 5 nitrogen and oxygen atoms in total. The van der Waals surface area contributed by atoms with Crippen molar-refractivity contribution >= 4 is 21.6 Å². The van der Waals surface area contributed by atoms with E-state index in [4.69, 9.17) is 0 Å². The molecule has 0 unspecified atom stereocenters. The number of carbonyl (C=O) groups is 1. The lowest BCUT2D eigenvalue weighted by Gasteiger charge is -2.31. The van der Waals surface area contributed by atoms with Gasteiger partial charge in [0.1, 0.15) is 6.04 Å². The number of amides is 1. The van der Waals surface area contributed by atoms with Crippen LogP contribution in [0.1, 0.15) is 13.3 Å². The summed E-state index contributed by atoms with van der Waals surface area (Å²) in [7, 11) is -0.279. The summed E-state index contributed by atoms with van der Waals surface area (Å²) >= 11 is 0. The van der Waals surface area contributed by atoms with Crippen molar-refractivity contribution in [3.63, 3.8) is 0 Å². The van der Waals surface area contributed by atoms with E-state index in [1.165, 1.54) is 9.21 Å². The van der Waals surface area contributed by atoms with Crippen molar-refractivity contribution in [1.29, 1.82) is 0 Å². The Kier molecular flexibility index (Phi) is 4.94. The van der Waals surface area contributed by atoms with Crippen LogP contribution in [0, 0.1) is 0 Å². The predicted octanol–water partition coefficient (Wildman–Crippen LogP) is 1.32. The number of anilines is 1. The van der Waals surface area contributed by atoms with Crippen LogP contribution >= 0.6 is 0 Å². The highest BCUT2D eigenvalue weighted by Gasteiger charge is 2.32. The summed E-state index contributed by atoms with van der Waals surface area (Å²) in [6.07, 6.45) is 1.53. The van der Waals surface area contributed by atoms with Crippen LogP contribution in [0.15, 0.2) is 30.3 Å². The lowest BCUT2D eigenvalue weighted by atomic mass is 10.2. The van der Waals surface area contributed by atoms with Crippen LogP contribution in [0.3, 0.4) is 0 Å². The Morgan fingerprint density at radius 3 is 2.11 bits per heavy atom. The largest absolute Gasteiger partial charge is 0.347 e. The van der Waals surface area contributed by atoms with Gasteiger partial charge < -0.3 is 4.90 Å². The Morgan fingerprint density at radius 2 is 1.74 bits per heavy atom. The summed E-state index contributed by atoms with van der Waals surface area (Å²) in [4.78, 5) is 13.6. The Morgan fingerprint density at radius 1 is 1.21 bits per heavy atom. The molecule has 0 aliphatic rings. The molecule has 1 amide bonds. The van der Waals surface area contributed by atoms with E-state index < -0.39 is 16.1 Å². The minimum atomic E-state index is -3.52. The fourth-order valence-corrected chi connectivity index (χ4v) is 3.12. The molecular formula is C13H20N2O3S. The summed E-state index contributed by atoms with van der Waals surface area (Å²) < 4.78 is 25.2. The Labute approximate surface area is 114 Å². The molecule has 0 spiro atoms. The molecule has 0 saturated heterocycles. The van der Waals surface area contributed by atoms with Crippen molar-refractivity contribution in [2.24, 2.45) is 0 Å². The van der Waals surface area contributed by atoms with E-state index in [2.05, 4.69) is 0 Å². The van der Waals surface area contributed by atoms with Gasteiger partial charge in [-0.3, -0.25) is 9.10 Å². The molecule has 0 aromatic heterocycles. The fourth-order valence-electron chi connectivity index (χ4n) is 1.92. The number of nitrogens with zero attached hydrogens (tertiary/aromatic N) is 2. The van der Waals surface area contributed by atoms with E-state index in [0.717, 1.165) is 6.26 Å². The van der Waals surface area contributed by atoms with Gasteiger partial charge in [-0.15, -0.1) is 0 Å². The number of benzene rings is 1. The van der Waals surface area contributed by atoms with Crippen LogP contribution in [-0.2, 0) is 14.8 Å². The summed E-state index contributed by atoms with van der Waals surface area (Å²) in [5, 5.41) is 0. The number of rotatable bonds is 5. The van der Waals surface area contributed by atoms with Crippen molar-refractivity contribution in [2.45, 2.75) is 19.4 Å². The van der Waals surface area contributed by atoms with Gasteiger partial charge in [0.25, 0.3) is 0 Å². The Hall–Kier alpha value is -1.56. The topological polar surface area (TPSA) is 57.7 Å². The van der Waals surface area contributed by atoms with E-state index >= 15 is 0 Å². The molecule has 0 heterocycles. The van der Waals surface area contributed by atoms with Gasteiger partial charge in [-0.2, -0.15) is 0 Å². The first-order valence-electron chi connectivity index (χ1n) is 6.04. The third-order valence-electron chi connectivity index (χ3n) is 2.76. The second-order valence-corrected chi connectivity index (χ2v) is 6.41. The molecule has 106 valence electrons. The number of carbonyl (C=O) groups excluding carboxylic acids is 1. The van der Waals surface area contributed by atoms with Crippen molar-refractivity contribution in [3.8, 4) is 0 Å². The molecule has 0 aliphatic carbocycles. The van der Waals surface area contributed by atoms with Gasteiger partial charge in [-0.25, -0.2) is 8.42 Å². The number of sulfonamides is 1. The van der Waals surface area contributed by atoms with Crippen molar-refractivity contribution < 1.29 is 13.2 Å². The van der Waals surface area contributed by atoms with E-state index in [0.29, 0.717) is 12.1 Å². The number of likely N-dealkylation sites (N-methyl/N-ethyl adjacent to an activating group) is 1. The highest BCUT2D eigenvalue weighted by atomic mass is 32.2.